The van der Waals surface area contributed by atoms with Gasteiger partial charge in [0, 0.05) is 12.3 Å². The predicted molar refractivity (Wildman–Crippen MR) is 49.1 cm³/mol. The van der Waals surface area contributed by atoms with Crippen molar-refractivity contribution in [2.45, 2.75) is 0 Å². The van der Waals surface area contributed by atoms with Crippen molar-refractivity contribution in [3.8, 4) is 5.69 Å². The summed E-state index contributed by atoms with van der Waals surface area (Å²) >= 11 is 3.19. The molecule has 0 unspecified atom stereocenters. The largest absolute Gasteiger partial charge is 0.305 e. The fraction of sp³-hybridized carbons (Fsp3) is 0. The Bertz CT molecular complexity index is 495. The number of rotatable bonds is 1. The number of imidazole rings is 1. The lowest BCUT2D eigenvalue weighted by Gasteiger charge is -1.99. The van der Waals surface area contributed by atoms with Crippen molar-refractivity contribution < 1.29 is 4.11 Å². The van der Waals surface area contributed by atoms with E-state index >= 15 is 0 Å². The monoisotopic (exact) mass is 226 g/mol. The van der Waals surface area contributed by atoms with Crippen LogP contribution < -0.4 is 0 Å². The highest BCUT2D eigenvalue weighted by atomic mass is 79.9. The lowest BCUT2D eigenvalue weighted by Crippen LogP contribution is -1.89. The first-order valence-corrected chi connectivity index (χ1v) is 4.03. The van der Waals surface area contributed by atoms with Crippen LogP contribution in [0.3, 0.4) is 0 Å². The fourth-order valence-electron chi connectivity index (χ4n) is 0.798. The van der Waals surface area contributed by atoms with Gasteiger partial charge in [0.2, 0.25) is 0 Å². The zero-order valence-corrected chi connectivity index (χ0v) is 7.54. The van der Waals surface area contributed by atoms with E-state index in [1.807, 2.05) is 0 Å². The lowest BCUT2D eigenvalue weighted by molar-refractivity contribution is 1.03. The van der Waals surface area contributed by atoms with E-state index in [4.69, 9.17) is 4.11 Å². The molecule has 0 spiro atoms. The first-order chi connectivity index (χ1) is 7.09. The molecule has 0 N–H and O–H groups in total. The minimum absolute atomic E-state index is 0.107. The zero-order valence-electron chi connectivity index (χ0n) is 8.95. The Morgan fingerprint density at radius 1 is 1.50 bits per heavy atom. The normalized spacial score (nSPS) is 13.6. The summed E-state index contributed by atoms with van der Waals surface area (Å²) in [5.41, 5.74) is 0.555. The average Bonchev–Trinajstić information content (AvgIpc) is 2.44. The highest BCUT2D eigenvalue weighted by molar-refractivity contribution is 9.10. The molecule has 2 heterocycles. The SMILES string of the molecule is [2H]c1nc([2H])n(-c2ccc(Br)nc2)c1[2H]. The molecule has 60 valence electrons. The third-order valence-corrected chi connectivity index (χ3v) is 1.81. The number of pyridine rings is 1. The smallest absolute Gasteiger partial charge is 0.106 e. The highest BCUT2D eigenvalue weighted by Crippen LogP contribution is 2.09. The summed E-state index contributed by atoms with van der Waals surface area (Å²) in [6, 6.07) is 3.41. The van der Waals surface area contributed by atoms with E-state index in [9.17, 15) is 0 Å². The van der Waals surface area contributed by atoms with Gasteiger partial charge in [0.1, 0.15) is 5.97 Å². The Morgan fingerprint density at radius 3 is 3.00 bits per heavy atom. The maximum Gasteiger partial charge on any atom is 0.106 e. The molecule has 0 bridgehead atoms. The van der Waals surface area contributed by atoms with E-state index in [1.54, 1.807) is 12.1 Å². The van der Waals surface area contributed by atoms with Gasteiger partial charge in [0.25, 0.3) is 0 Å². The van der Waals surface area contributed by atoms with Crippen LogP contribution in [0.2, 0.25) is 0 Å². The summed E-state index contributed by atoms with van der Waals surface area (Å²) in [5.74, 6) is 0. The van der Waals surface area contributed by atoms with Crippen molar-refractivity contribution in [2.75, 3.05) is 0 Å². The molecule has 3 nitrogen and oxygen atoms in total. The van der Waals surface area contributed by atoms with Crippen molar-refractivity contribution in [1.29, 1.82) is 0 Å². The van der Waals surface area contributed by atoms with Gasteiger partial charge in [-0.25, -0.2) is 9.97 Å². The summed E-state index contributed by atoms with van der Waals surface area (Å²) in [6.45, 7) is 0. The topological polar surface area (TPSA) is 30.7 Å². The maximum atomic E-state index is 7.56. The summed E-state index contributed by atoms with van der Waals surface area (Å²) < 4.78 is 24.3. The Hall–Kier alpha value is -1.16. The van der Waals surface area contributed by atoms with Gasteiger partial charge in [0.05, 0.1) is 20.9 Å². The number of halogens is 1. The molecule has 4 heteroatoms. The number of hydrogen-bond donors (Lipinski definition) is 0. The standard InChI is InChI=1S/C8H6BrN3/c9-8-2-1-7(5-11-8)12-4-3-10-6-12/h1-6H/i3D,4D,6D. The third kappa shape index (κ3) is 1.38. The molecule has 2 rings (SSSR count). The van der Waals surface area contributed by atoms with Gasteiger partial charge in [-0.05, 0) is 28.1 Å². The van der Waals surface area contributed by atoms with E-state index in [-0.39, 0.29) is 18.6 Å². The summed E-state index contributed by atoms with van der Waals surface area (Å²) in [7, 11) is 0. The zero-order chi connectivity index (χ0) is 11.0. The fourth-order valence-corrected chi connectivity index (χ4v) is 1.03. The van der Waals surface area contributed by atoms with Crippen molar-refractivity contribution in [3.05, 3.63) is 41.6 Å². The van der Waals surface area contributed by atoms with Crippen molar-refractivity contribution in [3.63, 3.8) is 0 Å². The van der Waals surface area contributed by atoms with E-state index < -0.39 is 0 Å². The molecule has 0 aromatic carbocycles. The van der Waals surface area contributed by atoms with E-state index in [2.05, 4.69) is 25.9 Å². The van der Waals surface area contributed by atoms with Crippen LogP contribution in [0.1, 0.15) is 4.11 Å². The quantitative estimate of drug-likeness (QED) is 0.698. The van der Waals surface area contributed by atoms with E-state index in [1.165, 1.54) is 10.8 Å². The molecule has 0 amide bonds. The minimum atomic E-state index is -0.206. The van der Waals surface area contributed by atoms with Crippen molar-refractivity contribution in [1.82, 2.24) is 14.5 Å². The summed E-state index contributed by atoms with van der Waals surface area (Å²) in [5, 5.41) is 0. The third-order valence-electron chi connectivity index (χ3n) is 1.34. The van der Waals surface area contributed by atoms with Crippen LogP contribution in [0.25, 0.3) is 5.69 Å². The Balaban J connectivity index is 2.58. The van der Waals surface area contributed by atoms with Crippen molar-refractivity contribution >= 4 is 15.9 Å². The molecule has 0 aliphatic heterocycles. The van der Waals surface area contributed by atoms with Crippen LogP contribution in [-0.4, -0.2) is 14.5 Å². The number of aromatic nitrogens is 3. The molecular weight excluding hydrogens is 218 g/mol. The minimum Gasteiger partial charge on any atom is -0.305 e. The Labute approximate surface area is 82.4 Å². The van der Waals surface area contributed by atoms with Gasteiger partial charge in [-0.3, -0.25) is 0 Å². The van der Waals surface area contributed by atoms with E-state index in [0.717, 1.165) is 0 Å². The van der Waals surface area contributed by atoms with Crippen LogP contribution in [0, 0.1) is 0 Å². The summed E-state index contributed by atoms with van der Waals surface area (Å²) in [6.07, 6.45) is 1.07. The van der Waals surface area contributed by atoms with Crippen molar-refractivity contribution in [2.24, 2.45) is 0 Å². The molecule has 0 radical (unpaired) electrons. The van der Waals surface area contributed by atoms with Gasteiger partial charge >= 0.3 is 0 Å². The number of nitrogens with zero attached hydrogens (tertiary/aromatic N) is 3. The highest BCUT2D eigenvalue weighted by Gasteiger charge is 1.94. The van der Waals surface area contributed by atoms with Crippen LogP contribution >= 0.6 is 15.9 Å². The molecule has 2 aromatic rings. The molecule has 0 aliphatic carbocycles. The van der Waals surface area contributed by atoms with Gasteiger partial charge in [-0.2, -0.15) is 0 Å². The second kappa shape index (κ2) is 3.06. The first-order valence-electron chi connectivity index (χ1n) is 4.74. The maximum absolute atomic E-state index is 7.56. The van der Waals surface area contributed by atoms with E-state index in [0.29, 0.717) is 10.3 Å². The van der Waals surface area contributed by atoms with Gasteiger partial charge < -0.3 is 4.57 Å². The second-order valence-corrected chi connectivity index (χ2v) is 2.92. The molecule has 2 aromatic heterocycles. The molecule has 12 heavy (non-hydrogen) atoms. The molecular formula is C8H6BrN3. The Morgan fingerprint density at radius 2 is 2.42 bits per heavy atom. The second-order valence-electron chi connectivity index (χ2n) is 2.11. The van der Waals surface area contributed by atoms with Gasteiger partial charge in [0.15, 0.2) is 0 Å². The van der Waals surface area contributed by atoms with Gasteiger partial charge in [-0.15, -0.1) is 0 Å². The predicted octanol–water partition coefficient (Wildman–Crippen LogP) is 2.03. The average molecular weight is 227 g/mol. The molecule has 0 aliphatic rings. The van der Waals surface area contributed by atoms with Crippen LogP contribution in [0.4, 0.5) is 0 Å². The molecule has 0 saturated carbocycles. The van der Waals surface area contributed by atoms with Gasteiger partial charge in [-0.1, -0.05) is 0 Å². The lowest BCUT2D eigenvalue weighted by atomic mass is 10.4. The first kappa shape index (κ1) is 4.77. The van der Waals surface area contributed by atoms with Crippen LogP contribution in [-0.2, 0) is 0 Å². The number of hydrogen-bond acceptors (Lipinski definition) is 2. The Kier molecular flexibility index (Phi) is 1.22. The molecule has 0 atom stereocenters. The molecule has 0 saturated heterocycles. The van der Waals surface area contributed by atoms with Crippen LogP contribution in [0.5, 0.6) is 0 Å². The van der Waals surface area contributed by atoms with Crippen LogP contribution in [0.15, 0.2) is 41.6 Å². The summed E-state index contributed by atoms with van der Waals surface area (Å²) in [4.78, 5) is 7.57. The molecule has 0 fully saturated rings.